The molecule has 0 aliphatic rings. The molecule has 0 aliphatic carbocycles. The topological polar surface area (TPSA) is 38.0 Å². The summed E-state index contributed by atoms with van der Waals surface area (Å²) in [6.07, 6.45) is 0. The minimum absolute atomic E-state index is 0.876. The Morgan fingerprint density at radius 3 is 3.00 bits per heavy atom. The van der Waals surface area contributed by atoms with E-state index in [1.807, 2.05) is 23.5 Å². The van der Waals surface area contributed by atoms with Crippen LogP contribution in [-0.2, 0) is 6.54 Å². The average molecular weight is 206 g/mol. The lowest BCUT2D eigenvalue weighted by Gasteiger charge is -1.95. The molecule has 1 aromatic heterocycles. The molecule has 0 radical (unpaired) electrons. The summed E-state index contributed by atoms with van der Waals surface area (Å²) in [5, 5.41) is 4.50. The molecule has 0 unspecified atom stereocenters. The van der Waals surface area contributed by atoms with Crippen LogP contribution in [0.2, 0.25) is 0 Å². The summed E-state index contributed by atoms with van der Waals surface area (Å²) in [5.41, 5.74) is 6.76. The van der Waals surface area contributed by atoms with Gasteiger partial charge in [0.1, 0.15) is 0 Å². The van der Waals surface area contributed by atoms with Crippen LogP contribution in [0.15, 0.2) is 24.3 Å². The highest BCUT2D eigenvalue weighted by atomic mass is 32.1. The number of rotatable bonds is 3. The second kappa shape index (κ2) is 3.98. The van der Waals surface area contributed by atoms with E-state index >= 15 is 0 Å². The Kier molecular flexibility index (Phi) is 2.70. The van der Waals surface area contributed by atoms with E-state index in [-0.39, 0.29) is 0 Å². The van der Waals surface area contributed by atoms with Crippen molar-refractivity contribution >= 4 is 27.1 Å². The fraction of sp³-hybridized carbons (Fsp3) is 0.273. The van der Waals surface area contributed by atoms with Crippen LogP contribution in [0.25, 0.3) is 10.1 Å². The quantitative estimate of drug-likeness (QED) is 0.757. The van der Waals surface area contributed by atoms with Crippen LogP contribution in [0, 0.1) is 0 Å². The van der Waals surface area contributed by atoms with Crippen molar-refractivity contribution in [3.63, 3.8) is 0 Å². The molecule has 0 aliphatic heterocycles. The summed E-state index contributed by atoms with van der Waals surface area (Å²) >= 11 is 1.81. The largest absolute Gasteiger partial charge is 0.398 e. The van der Waals surface area contributed by atoms with Gasteiger partial charge in [-0.25, -0.2) is 0 Å². The third-order valence-corrected chi connectivity index (χ3v) is 3.30. The van der Waals surface area contributed by atoms with Crippen molar-refractivity contribution in [2.24, 2.45) is 0 Å². The van der Waals surface area contributed by atoms with E-state index in [1.54, 1.807) is 0 Å². The number of benzene rings is 1. The molecule has 3 N–H and O–H groups in total. The average Bonchev–Trinajstić information content (AvgIpc) is 2.59. The monoisotopic (exact) mass is 206 g/mol. The molecule has 1 heterocycles. The van der Waals surface area contributed by atoms with Crippen LogP contribution in [0.3, 0.4) is 0 Å². The van der Waals surface area contributed by atoms with Gasteiger partial charge in [-0.15, -0.1) is 11.3 Å². The van der Waals surface area contributed by atoms with Crippen molar-refractivity contribution in [1.29, 1.82) is 0 Å². The Labute approximate surface area is 87.7 Å². The SMILES string of the molecule is CCNCc1cc2c(N)cccc2s1. The molecule has 3 heteroatoms. The number of anilines is 1. The number of fused-ring (bicyclic) bond motifs is 1. The van der Waals surface area contributed by atoms with E-state index in [0.717, 1.165) is 18.8 Å². The third kappa shape index (κ3) is 1.74. The predicted octanol–water partition coefficient (Wildman–Crippen LogP) is 2.59. The molecule has 0 fully saturated rings. The number of hydrogen-bond acceptors (Lipinski definition) is 3. The molecule has 1 aromatic carbocycles. The second-order valence-electron chi connectivity index (χ2n) is 3.25. The zero-order valence-corrected chi connectivity index (χ0v) is 9.03. The summed E-state index contributed by atoms with van der Waals surface area (Å²) in [5.74, 6) is 0. The van der Waals surface area contributed by atoms with E-state index in [9.17, 15) is 0 Å². The van der Waals surface area contributed by atoms with E-state index in [2.05, 4.69) is 24.4 Å². The third-order valence-electron chi connectivity index (χ3n) is 2.20. The van der Waals surface area contributed by atoms with Crippen molar-refractivity contribution < 1.29 is 0 Å². The number of nitrogen functional groups attached to an aromatic ring is 1. The van der Waals surface area contributed by atoms with Crippen LogP contribution in [-0.4, -0.2) is 6.54 Å². The molecule has 14 heavy (non-hydrogen) atoms. The summed E-state index contributed by atoms with van der Waals surface area (Å²) < 4.78 is 1.28. The van der Waals surface area contributed by atoms with Crippen LogP contribution in [0.1, 0.15) is 11.8 Å². The van der Waals surface area contributed by atoms with Gasteiger partial charge in [0.05, 0.1) is 0 Å². The van der Waals surface area contributed by atoms with Crippen LogP contribution >= 0.6 is 11.3 Å². The first kappa shape index (κ1) is 9.49. The lowest BCUT2D eigenvalue weighted by atomic mass is 10.2. The first-order chi connectivity index (χ1) is 6.81. The van der Waals surface area contributed by atoms with Crippen molar-refractivity contribution in [3.8, 4) is 0 Å². The van der Waals surface area contributed by atoms with Gasteiger partial charge in [-0.1, -0.05) is 13.0 Å². The summed E-state index contributed by atoms with van der Waals surface area (Å²) in [7, 11) is 0. The molecule has 0 bridgehead atoms. The Morgan fingerprint density at radius 1 is 1.43 bits per heavy atom. The van der Waals surface area contributed by atoms with Gasteiger partial charge in [0.15, 0.2) is 0 Å². The Morgan fingerprint density at radius 2 is 2.29 bits per heavy atom. The van der Waals surface area contributed by atoms with Crippen molar-refractivity contribution in [3.05, 3.63) is 29.1 Å². The molecule has 2 aromatic rings. The lowest BCUT2D eigenvalue weighted by molar-refractivity contribution is 0.736. The van der Waals surface area contributed by atoms with Gasteiger partial charge in [0.25, 0.3) is 0 Å². The minimum atomic E-state index is 0.876. The molecule has 0 saturated carbocycles. The van der Waals surface area contributed by atoms with Crippen molar-refractivity contribution in [2.45, 2.75) is 13.5 Å². The lowest BCUT2D eigenvalue weighted by Crippen LogP contribution is -2.10. The molecule has 0 atom stereocenters. The van der Waals surface area contributed by atoms with Crippen molar-refractivity contribution in [2.75, 3.05) is 12.3 Å². The number of thiophene rings is 1. The number of nitrogens with one attached hydrogen (secondary N) is 1. The fourth-order valence-corrected chi connectivity index (χ4v) is 2.54. The Bertz CT molecular complexity index is 434. The van der Waals surface area contributed by atoms with Gasteiger partial charge >= 0.3 is 0 Å². The highest BCUT2D eigenvalue weighted by molar-refractivity contribution is 7.19. The van der Waals surface area contributed by atoms with Crippen LogP contribution in [0.4, 0.5) is 5.69 Å². The van der Waals surface area contributed by atoms with E-state index < -0.39 is 0 Å². The predicted molar refractivity (Wildman–Crippen MR) is 63.6 cm³/mol. The Balaban J connectivity index is 2.36. The first-order valence-electron chi connectivity index (χ1n) is 4.79. The summed E-state index contributed by atoms with van der Waals surface area (Å²) in [6, 6.07) is 8.25. The van der Waals surface area contributed by atoms with Gasteiger partial charge in [0, 0.05) is 27.2 Å². The maximum Gasteiger partial charge on any atom is 0.0402 e. The fourth-order valence-electron chi connectivity index (χ4n) is 1.47. The zero-order valence-electron chi connectivity index (χ0n) is 8.21. The van der Waals surface area contributed by atoms with E-state index in [1.165, 1.54) is 15.0 Å². The number of nitrogens with two attached hydrogens (primary N) is 1. The van der Waals surface area contributed by atoms with Crippen LogP contribution in [0.5, 0.6) is 0 Å². The number of hydrogen-bond donors (Lipinski definition) is 2. The molecule has 74 valence electrons. The molecule has 0 amide bonds. The molecule has 0 saturated heterocycles. The normalized spacial score (nSPS) is 10.9. The maximum absolute atomic E-state index is 5.88. The molecular formula is C11H14N2S. The highest BCUT2D eigenvalue weighted by Gasteiger charge is 2.02. The molecular weight excluding hydrogens is 192 g/mol. The zero-order chi connectivity index (χ0) is 9.97. The summed E-state index contributed by atoms with van der Waals surface area (Å²) in [6.45, 7) is 4.06. The van der Waals surface area contributed by atoms with E-state index in [4.69, 9.17) is 5.73 Å². The first-order valence-corrected chi connectivity index (χ1v) is 5.60. The minimum Gasteiger partial charge on any atom is -0.398 e. The molecule has 2 rings (SSSR count). The molecule has 0 spiro atoms. The highest BCUT2D eigenvalue weighted by Crippen LogP contribution is 2.29. The van der Waals surface area contributed by atoms with Gasteiger partial charge in [-0.3, -0.25) is 0 Å². The standard InChI is InChI=1S/C11H14N2S/c1-2-13-7-8-6-9-10(12)4-3-5-11(9)14-8/h3-6,13H,2,7,12H2,1H3. The smallest absolute Gasteiger partial charge is 0.0402 e. The van der Waals surface area contributed by atoms with E-state index in [0.29, 0.717) is 0 Å². The molecule has 2 nitrogen and oxygen atoms in total. The van der Waals surface area contributed by atoms with Gasteiger partial charge in [-0.05, 0) is 24.7 Å². The van der Waals surface area contributed by atoms with Gasteiger partial charge < -0.3 is 11.1 Å². The second-order valence-corrected chi connectivity index (χ2v) is 4.42. The Hall–Kier alpha value is -1.06. The van der Waals surface area contributed by atoms with Crippen LogP contribution < -0.4 is 11.1 Å². The van der Waals surface area contributed by atoms with Gasteiger partial charge in [0.2, 0.25) is 0 Å². The van der Waals surface area contributed by atoms with Crippen molar-refractivity contribution in [1.82, 2.24) is 5.32 Å². The maximum atomic E-state index is 5.88. The summed E-state index contributed by atoms with van der Waals surface area (Å²) in [4.78, 5) is 1.35. The van der Waals surface area contributed by atoms with Gasteiger partial charge in [-0.2, -0.15) is 0 Å².